The SMILES string of the molecule is CC(=N[S+]([O-])C(C)(C)C)c1cccc(NC(=O)OCc2ccccc2)c1. The van der Waals surface area contributed by atoms with Gasteiger partial charge < -0.3 is 9.29 Å². The second kappa shape index (κ2) is 8.87. The number of nitrogens with one attached hydrogen (secondary N) is 1. The Morgan fingerprint density at radius 1 is 1.15 bits per heavy atom. The predicted molar refractivity (Wildman–Crippen MR) is 107 cm³/mol. The lowest BCUT2D eigenvalue weighted by Gasteiger charge is -2.18. The van der Waals surface area contributed by atoms with Crippen molar-refractivity contribution in [1.29, 1.82) is 0 Å². The Morgan fingerprint density at radius 2 is 1.85 bits per heavy atom. The topological polar surface area (TPSA) is 73.8 Å². The minimum Gasteiger partial charge on any atom is -0.591 e. The molecule has 6 heteroatoms. The number of benzene rings is 2. The maximum Gasteiger partial charge on any atom is 0.411 e. The first-order valence-electron chi connectivity index (χ1n) is 8.31. The summed E-state index contributed by atoms with van der Waals surface area (Å²) in [7, 11) is 0. The number of amides is 1. The van der Waals surface area contributed by atoms with Crippen molar-refractivity contribution < 1.29 is 14.1 Å². The fraction of sp³-hybridized carbons (Fsp3) is 0.300. The van der Waals surface area contributed by atoms with Gasteiger partial charge in [0, 0.05) is 11.3 Å². The Hall–Kier alpha value is -2.31. The first-order chi connectivity index (χ1) is 12.3. The van der Waals surface area contributed by atoms with Crippen molar-refractivity contribution in [1.82, 2.24) is 0 Å². The Balaban J connectivity index is 2.00. The molecule has 138 valence electrons. The number of ether oxygens (including phenoxy) is 1. The normalized spacial score (nSPS) is 13.2. The average Bonchev–Trinajstić information content (AvgIpc) is 2.60. The molecule has 1 atom stereocenters. The zero-order valence-electron chi connectivity index (χ0n) is 15.5. The molecule has 0 fully saturated rings. The van der Waals surface area contributed by atoms with E-state index in [0.717, 1.165) is 11.1 Å². The number of hydrogen-bond donors (Lipinski definition) is 1. The molecule has 0 aliphatic heterocycles. The van der Waals surface area contributed by atoms with E-state index < -0.39 is 22.2 Å². The van der Waals surface area contributed by atoms with E-state index in [2.05, 4.69) is 9.71 Å². The van der Waals surface area contributed by atoms with Gasteiger partial charge in [-0.3, -0.25) is 5.32 Å². The number of carbonyl (C=O) groups excluding carboxylic acids is 1. The summed E-state index contributed by atoms with van der Waals surface area (Å²) in [4.78, 5) is 12.0. The zero-order valence-corrected chi connectivity index (χ0v) is 16.3. The van der Waals surface area contributed by atoms with Gasteiger partial charge in [-0.05, 0) is 45.4 Å². The standard InChI is InChI=1S/C20H24N2O3S/c1-15(22-26(24)20(2,3)4)17-11-8-12-18(13-17)21-19(23)25-14-16-9-6-5-7-10-16/h5-13H,14H2,1-4H3,(H,21,23). The van der Waals surface area contributed by atoms with Gasteiger partial charge >= 0.3 is 6.09 Å². The zero-order chi connectivity index (χ0) is 19.2. The van der Waals surface area contributed by atoms with Crippen molar-refractivity contribution >= 4 is 28.9 Å². The molecule has 1 N–H and O–H groups in total. The minimum absolute atomic E-state index is 0.206. The van der Waals surface area contributed by atoms with Crippen molar-refractivity contribution in [2.75, 3.05) is 5.32 Å². The molecule has 2 rings (SSSR count). The maximum absolute atomic E-state index is 12.2. The van der Waals surface area contributed by atoms with Crippen molar-refractivity contribution in [3.63, 3.8) is 0 Å². The lowest BCUT2D eigenvalue weighted by Crippen LogP contribution is -2.26. The minimum atomic E-state index is -1.33. The van der Waals surface area contributed by atoms with E-state index >= 15 is 0 Å². The van der Waals surface area contributed by atoms with E-state index in [-0.39, 0.29) is 6.61 Å². The lowest BCUT2D eigenvalue weighted by atomic mass is 10.1. The van der Waals surface area contributed by atoms with Gasteiger partial charge in [0.2, 0.25) is 0 Å². The van der Waals surface area contributed by atoms with Gasteiger partial charge in [0.05, 0.1) is 5.71 Å². The van der Waals surface area contributed by atoms with E-state index in [1.54, 1.807) is 25.1 Å². The number of anilines is 1. The highest BCUT2D eigenvalue weighted by atomic mass is 32.2. The van der Waals surface area contributed by atoms with E-state index in [4.69, 9.17) is 4.74 Å². The number of hydrogen-bond acceptors (Lipinski definition) is 4. The van der Waals surface area contributed by atoms with Crippen LogP contribution >= 0.6 is 0 Å². The average molecular weight is 372 g/mol. The van der Waals surface area contributed by atoms with Gasteiger partial charge in [0.15, 0.2) is 0 Å². The highest BCUT2D eigenvalue weighted by Crippen LogP contribution is 2.19. The highest BCUT2D eigenvalue weighted by molar-refractivity contribution is 7.91. The van der Waals surface area contributed by atoms with Crippen molar-refractivity contribution in [2.45, 2.75) is 39.0 Å². The van der Waals surface area contributed by atoms with Crippen LogP contribution in [0.2, 0.25) is 0 Å². The number of nitrogens with zero attached hydrogens (tertiary/aromatic N) is 1. The molecule has 0 saturated heterocycles. The van der Waals surface area contributed by atoms with Gasteiger partial charge in [-0.2, -0.15) is 0 Å². The molecule has 1 amide bonds. The van der Waals surface area contributed by atoms with Crippen LogP contribution < -0.4 is 5.32 Å². The quantitative estimate of drug-likeness (QED) is 0.610. The maximum atomic E-state index is 12.2. The second-order valence-electron chi connectivity index (χ2n) is 6.81. The molecule has 0 aliphatic carbocycles. The van der Waals surface area contributed by atoms with Gasteiger partial charge in [-0.1, -0.05) is 46.9 Å². The van der Waals surface area contributed by atoms with E-state index in [1.807, 2.05) is 57.2 Å². The van der Waals surface area contributed by atoms with Crippen LogP contribution in [0, 0.1) is 0 Å². The molecular weight excluding hydrogens is 348 g/mol. The lowest BCUT2D eigenvalue weighted by molar-refractivity contribution is 0.155. The molecule has 0 aromatic heterocycles. The summed E-state index contributed by atoms with van der Waals surface area (Å²) in [5.41, 5.74) is 2.96. The Bertz CT molecular complexity index is 770. The molecule has 2 aromatic rings. The molecule has 0 heterocycles. The Kier molecular flexibility index (Phi) is 6.83. The molecule has 0 radical (unpaired) electrons. The summed E-state index contributed by atoms with van der Waals surface area (Å²) < 4.78 is 21.2. The van der Waals surface area contributed by atoms with Crippen LogP contribution in [-0.4, -0.2) is 21.1 Å². The van der Waals surface area contributed by atoms with Crippen LogP contribution in [0.4, 0.5) is 10.5 Å². The van der Waals surface area contributed by atoms with E-state index in [9.17, 15) is 9.35 Å². The summed E-state index contributed by atoms with van der Waals surface area (Å²) in [5.74, 6) is 0. The van der Waals surface area contributed by atoms with Crippen LogP contribution in [0.1, 0.15) is 38.8 Å². The number of carbonyl (C=O) groups is 1. The molecule has 26 heavy (non-hydrogen) atoms. The first-order valence-corrected chi connectivity index (χ1v) is 9.42. The van der Waals surface area contributed by atoms with Crippen LogP contribution in [0.3, 0.4) is 0 Å². The summed E-state index contributed by atoms with van der Waals surface area (Å²) >= 11 is -1.33. The van der Waals surface area contributed by atoms with Crippen molar-refractivity contribution in [3.8, 4) is 0 Å². The van der Waals surface area contributed by atoms with Crippen LogP contribution in [0.25, 0.3) is 0 Å². The third kappa shape index (κ3) is 6.20. The molecule has 0 bridgehead atoms. The van der Waals surface area contributed by atoms with E-state index in [0.29, 0.717) is 11.4 Å². The molecular formula is C20H24N2O3S. The molecule has 0 aliphatic rings. The fourth-order valence-corrected chi connectivity index (χ4v) is 2.64. The fourth-order valence-electron chi connectivity index (χ4n) is 2.01. The Morgan fingerprint density at radius 3 is 2.50 bits per heavy atom. The van der Waals surface area contributed by atoms with Gasteiger partial charge in [0.1, 0.15) is 22.7 Å². The third-order valence-corrected chi connectivity index (χ3v) is 4.97. The van der Waals surface area contributed by atoms with E-state index in [1.165, 1.54) is 0 Å². The summed E-state index contributed by atoms with van der Waals surface area (Å²) in [6.45, 7) is 7.63. The highest BCUT2D eigenvalue weighted by Gasteiger charge is 2.26. The van der Waals surface area contributed by atoms with Crippen LogP contribution in [-0.2, 0) is 22.7 Å². The molecule has 5 nitrogen and oxygen atoms in total. The molecule has 0 saturated carbocycles. The van der Waals surface area contributed by atoms with Crippen molar-refractivity contribution in [2.24, 2.45) is 4.40 Å². The molecule has 1 unspecified atom stereocenters. The van der Waals surface area contributed by atoms with Crippen molar-refractivity contribution in [3.05, 3.63) is 65.7 Å². The first kappa shape index (κ1) is 20.0. The summed E-state index contributed by atoms with van der Waals surface area (Å²) in [6, 6.07) is 16.7. The van der Waals surface area contributed by atoms with Gasteiger partial charge in [-0.15, -0.1) is 0 Å². The van der Waals surface area contributed by atoms with Crippen LogP contribution in [0.5, 0.6) is 0 Å². The second-order valence-corrected chi connectivity index (χ2v) is 8.71. The molecule has 0 spiro atoms. The summed E-state index contributed by atoms with van der Waals surface area (Å²) in [5, 5.41) is 2.70. The number of rotatable bonds is 5. The third-order valence-electron chi connectivity index (χ3n) is 3.48. The van der Waals surface area contributed by atoms with Gasteiger partial charge in [0.25, 0.3) is 0 Å². The predicted octanol–water partition coefficient (Wildman–Crippen LogP) is 4.71. The molecule has 2 aromatic carbocycles. The monoisotopic (exact) mass is 372 g/mol. The smallest absolute Gasteiger partial charge is 0.411 e. The van der Waals surface area contributed by atoms with Gasteiger partial charge in [-0.25, -0.2) is 4.79 Å². The Labute approximate surface area is 157 Å². The van der Waals surface area contributed by atoms with Crippen LogP contribution in [0.15, 0.2) is 59.0 Å². The largest absolute Gasteiger partial charge is 0.591 e. The summed E-state index contributed by atoms with van der Waals surface area (Å²) in [6.07, 6.45) is -0.529.